The van der Waals surface area contributed by atoms with Crippen molar-refractivity contribution in [2.45, 2.75) is 63.4 Å². The molecule has 2 aliphatic rings. The average molecular weight is 481 g/mol. The number of piperazine rings is 1. The Kier molecular flexibility index (Phi) is 9.55. The number of benzene rings is 1. The van der Waals surface area contributed by atoms with Crippen molar-refractivity contribution in [1.29, 1.82) is 0 Å². The van der Waals surface area contributed by atoms with E-state index in [-0.39, 0.29) is 23.8 Å². The number of nitrogens with one attached hydrogen (secondary N) is 1. The molecule has 1 amide bonds. The molecule has 2 atom stereocenters. The number of rotatable bonds is 10. The predicted octanol–water partition coefficient (Wildman–Crippen LogP) is 2.16. The van der Waals surface area contributed by atoms with Crippen LogP contribution in [-0.2, 0) is 14.8 Å². The Morgan fingerprint density at radius 2 is 1.73 bits per heavy atom. The lowest BCUT2D eigenvalue weighted by Gasteiger charge is -2.40. The number of sulfonamides is 1. The minimum absolute atomic E-state index is 0.0168. The highest BCUT2D eigenvalue weighted by atomic mass is 32.2. The van der Waals surface area contributed by atoms with Gasteiger partial charge < -0.3 is 15.0 Å². The summed E-state index contributed by atoms with van der Waals surface area (Å²) in [5.74, 6) is 0.663. The molecule has 1 aromatic carbocycles. The Hall–Kier alpha value is -1.68. The molecule has 1 N–H and O–H groups in total. The van der Waals surface area contributed by atoms with Gasteiger partial charge in [0.1, 0.15) is 5.75 Å². The first kappa shape index (κ1) is 25.9. The minimum Gasteiger partial charge on any atom is -0.494 e. The maximum absolute atomic E-state index is 13.6. The van der Waals surface area contributed by atoms with E-state index >= 15 is 0 Å². The van der Waals surface area contributed by atoms with Crippen LogP contribution in [0.3, 0.4) is 0 Å². The number of piperidine rings is 1. The molecular weight excluding hydrogens is 440 g/mol. The Labute approximate surface area is 199 Å². The fourth-order valence-electron chi connectivity index (χ4n) is 4.81. The van der Waals surface area contributed by atoms with Crippen LogP contribution in [0.1, 0.15) is 46.5 Å². The Morgan fingerprint density at radius 1 is 1.09 bits per heavy atom. The van der Waals surface area contributed by atoms with E-state index in [0.717, 1.165) is 25.9 Å². The second-order valence-corrected chi connectivity index (χ2v) is 11.0. The summed E-state index contributed by atoms with van der Waals surface area (Å²) in [4.78, 5) is 17.2. The fraction of sp³-hybridized carbons (Fsp3) is 0.708. The quantitative estimate of drug-likeness (QED) is 0.553. The van der Waals surface area contributed by atoms with Crippen molar-refractivity contribution >= 4 is 15.9 Å². The smallest absolute Gasteiger partial charge is 0.243 e. The van der Waals surface area contributed by atoms with Crippen LogP contribution in [0, 0.1) is 0 Å². The van der Waals surface area contributed by atoms with Gasteiger partial charge in [-0.2, -0.15) is 4.31 Å². The molecule has 3 rings (SSSR count). The van der Waals surface area contributed by atoms with Gasteiger partial charge in [-0.25, -0.2) is 8.42 Å². The first-order chi connectivity index (χ1) is 15.8. The van der Waals surface area contributed by atoms with E-state index in [2.05, 4.69) is 24.1 Å². The van der Waals surface area contributed by atoms with Crippen LogP contribution in [0.4, 0.5) is 0 Å². The molecule has 2 aliphatic heterocycles. The molecule has 8 nitrogen and oxygen atoms in total. The van der Waals surface area contributed by atoms with Gasteiger partial charge in [0.25, 0.3) is 0 Å². The van der Waals surface area contributed by atoms with Gasteiger partial charge in [-0.15, -0.1) is 0 Å². The van der Waals surface area contributed by atoms with Crippen molar-refractivity contribution in [2.24, 2.45) is 0 Å². The van der Waals surface area contributed by atoms with Gasteiger partial charge in [0.05, 0.1) is 11.5 Å². The number of hydrogen-bond acceptors (Lipinski definition) is 6. The van der Waals surface area contributed by atoms with Gasteiger partial charge in [0, 0.05) is 64.3 Å². The molecule has 0 aliphatic carbocycles. The molecule has 33 heavy (non-hydrogen) atoms. The summed E-state index contributed by atoms with van der Waals surface area (Å²) in [5, 5.41) is 3.24. The lowest BCUT2D eigenvalue weighted by atomic mass is 9.98. The van der Waals surface area contributed by atoms with Crippen LogP contribution in [0.25, 0.3) is 0 Å². The maximum atomic E-state index is 13.6. The zero-order chi connectivity index (χ0) is 23.8. The fourth-order valence-corrected chi connectivity index (χ4v) is 6.24. The highest BCUT2D eigenvalue weighted by molar-refractivity contribution is 7.89. The van der Waals surface area contributed by atoms with Gasteiger partial charge in [-0.05, 0) is 57.9 Å². The number of likely N-dealkylation sites (tertiary alicyclic amines) is 1. The summed E-state index contributed by atoms with van der Waals surface area (Å²) in [7, 11) is -3.73. The van der Waals surface area contributed by atoms with Gasteiger partial charge in [0.2, 0.25) is 15.9 Å². The third kappa shape index (κ3) is 6.91. The summed E-state index contributed by atoms with van der Waals surface area (Å²) in [6, 6.07) is 7.44. The maximum Gasteiger partial charge on any atom is 0.243 e. The number of carbonyl (C=O) groups excluding carboxylic acids is 1. The van der Waals surface area contributed by atoms with Gasteiger partial charge in [-0.3, -0.25) is 9.69 Å². The summed E-state index contributed by atoms with van der Waals surface area (Å²) in [5.41, 5.74) is 0. The molecule has 0 aromatic heterocycles. The van der Waals surface area contributed by atoms with Crippen molar-refractivity contribution in [3.63, 3.8) is 0 Å². The van der Waals surface area contributed by atoms with Crippen molar-refractivity contribution in [3.05, 3.63) is 24.3 Å². The summed E-state index contributed by atoms with van der Waals surface area (Å²) in [6.07, 6.45) is 3.68. The second kappa shape index (κ2) is 12.1. The molecule has 2 fully saturated rings. The van der Waals surface area contributed by atoms with Crippen molar-refractivity contribution in [2.75, 3.05) is 52.4 Å². The molecule has 0 unspecified atom stereocenters. The second-order valence-electron chi connectivity index (χ2n) is 9.06. The summed E-state index contributed by atoms with van der Waals surface area (Å²) >= 11 is 0. The van der Waals surface area contributed by atoms with Crippen LogP contribution in [-0.4, -0.2) is 92.9 Å². The van der Waals surface area contributed by atoms with Crippen molar-refractivity contribution in [1.82, 2.24) is 19.4 Å². The molecule has 1 aromatic rings. The highest BCUT2D eigenvalue weighted by Crippen LogP contribution is 2.24. The zero-order valence-corrected chi connectivity index (χ0v) is 21.1. The van der Waals surface area contributed by atoms with Crippen LogP contribution >= 0.6 is 0 Å². The summed E-state index contributed by atoms with van der Waals surface area (Å²) in [6.45, 7) is 11.0. The van der Waals surface area contributed by atoms with Crippen LogP contribution < -0.4 is 10.1 Å². The van der Waals surface area contributed by atoms with E-state index in [1.54, 1.807) is 24.3 Å². The van der Waals surface area contributed by atoms with E-state index < -0.39 is 10.0 Å². The Balaban J connectivity index is 1.73. The van der Waals surface area contributed by atoms with E-state index in [1.807, 2.05) is 11.8 Å². The Morgan fingerprint density at radius 3 is 2.33 bits per heavy atom. The molecule has 2 saturated heterocycles. The van der Waals surface area contributed by atoms with Crippen LogP contribution in [0.2, 0.25) is 0 Å². The van der Waals surface area contributed by atoms with Crippen LogP contribution in [0.15, 0.2) is 29.2 Å². The van der Waals surface area contributed by atoms with E-state index in [1.165, 1.54) is 10.7 Å². The molecule has 186 valence electrons. The largest absolute Gasteiger partial charge is 0.494 e. The molecule has 0 radical (unpaired) electrons. The van der Waals surface area contributed by atoms with Crippen molar-refractivity contribution < 1.29 is 17.9 Å². The number of amides is 1. The third-order valence-corrected chi connectivity index (χ3v) is 8.71. The number of hydrogen-bond donors (Lipinski definition) is 1. The van der Waals surface area contributed by atoms with E-state index in [0.29, 0.717) is 50.6 Å². The molecule has 2 heterocycles. The summed E-state index contributed by atoms with van der Waals surface area (Å²) < 4.78 is 34.1. The van der Waals surface area contributed by atoms with Gasteiger partial charge in [0.15, 0.2) is 0 Å². The molecular formula is C24H40N4O4S. The zero-order valence-electron chi connectivity index (χ0n) is 20.3. The predicted molar refractivity (Wildman–Crippen MR) is 130 cm³/mol. The van der Waals surface area contributed by atoms with Crippen molar-refractivity contribution in [3.8, 4) is 5.75 Å². The topological polar surface area (TPSA) is 82.2 Å². The third-order valence-electron chi connectivity index (χ3n) is 6.80. The van der Waals surface area contributed by atoms with E-state index in [4.69, 9.17) is 4.74 Å². The lowest BCUT2D eigenvalue weighted by Crippen LogP contribution is -2.49. The average Bonchev–Trinajstić information content (AvgIpc) is 2.81. The number of carbonyl (C=O) groups is 1. The first-order valence-electron chi connectivity index (χ1n) is 12.3. The minimum atomic E-state index is -3.73. The van der Waals surface area contributed by atoms with Crippen LogP contribution in [0.5, 0.6) is 5.75 Å². The lowest BCUT2D eigenvalue weighted by molar-refractivity contribution is -0.131. The van der Waals surface area contributed by atoms with E-state index in [9.17, 15) is 13.2 Å². The SMILES string of the molecule is CCOc1ccc(S(=O)(=O)N(CCC(=O)N2CCNCC2)CCN2[C@@H](C)CCC[C@@H]2C)cc1. The monoisotopic (exact) mass is 480 g/mol. The Bertz CT molecular complexity index is 846. The first-order valence-corrected chi connectivity index (χ1v) is 13.7. The van der Waals surface area contributed by atoms with Gasteiger partial charge in [-0.1, -0.05) is 6.42 Å². The standard InChI is InChI=1S/C24H40N4O4S/c1-4-32-22-8-10-23(11-9-22)33(30,31)27(15-12-24(29)26-16-13-25-14-17-26)18-19-28-20(2)6-5-7-21(28)3/h8-11,20-21,25H,4-7,12-19H2,1-3H3/t20-,21-/m0/s1. The number of ether oxygens (including phenoxy) is 1. The van der Waals surface area contributed by atoms with Gasteiger partial charge >= 0.3 is 0 Å². The normalized spacial score (nSPS) is 22.5. The highest BCUT2D eigenvalue weighted by Gasteiger charge is 2.30. The number of nitrogens with zero attached hydrogens (tertiary/aromatic N) is 3. The molecule has 0 spiro atoms. The molecule has 0 saturated carbocycles. The molecule has 9 heteroatoms. The molecule has 0 bridgehead atoms.